The van der Waals surface area contributed by atoms with E-state index in [1.165, 1.54) is 39.7 Å². The van der Waals surface area contributed by atoms with Crippen molar-refractivity contribution in [2.45, 2.75) is 53.5 Å². The first-order chi connectivity index (χ1) is 9.41. The van der Waals surface area contributed by atoms with Crippen LogP contribution >= 0.6 is 0 Å². The molecule has 0 aliphatic rings. The first-order valence-corrected chi connectivity index (χ1v) is 7.70. The zero-order chi connectivity index (χ0) is 14.9. The predicted molar refractivity (Wildman–Crippen MR) is 88.6 cm³/mol. The Kier molecular flexibility index (Phi) is 4.54. The molecule has 0 saturated carbocycles. The lowest BCUT2D eigenvalue weighted by molar-refractivity contribution is 0.570. The number of hydrogen-bond donors (Lipinski definition) is 1. The Morgan fingerprint density at radius 3 is 2.50 bits per heavy atom. The quantitative estimate of drug-likeness (QED) is 0.813. The Labute approximate surface area is 123 Å². The summed E-state index contributed by atoms with van der Waals surface area (Å²) in [6.07, 6.45) is 2.36. The third-order valence-corrected chi connectivity index (χ3v) is 4.22. The molecule has 1 N–H and O–H groups in total. The monoisotopic (exact) mass is 272 g/mol. The zero-order valence-electron chi connectivity index (χ0n) is 13.8. The highest BCUT2D eigenvalue weighted by Crippen LogP contribution is 2.29. The van der Waals surface area contributed by atoms with Crippen LogP contribution in [-0.4, -0.2) is 17.2 Å². The molecular weight excluding hydrogens is 244 g/mol. The Morgan fingerprint density at radius 2 is 1.85 bits per heavy atom. The molecule has 0 saturated heterocycles. The second-order valence-corrected chi connectivity index (χ2v) is 6.31. The molecule has 1 aromatic heterocycles. The molecule has 2 heteroatoms. The molecule has 2 aromatic rings. The minimum absolute atomic E-state index is 0.577. The van der Waals surface area contributed by atoms with Gasteiger partial charge in [-0.2, -0.15) is 0 Å². The standard InChI is InChI=1S/C18H28N2/c1-12(2)19-9-7-8-16-15(5)20(6)17-11-13(3)10-14(4)18(16)17/h10-12,19H,7-9H2,1-6H3. The minimum atomic E-state index is 0.577. The summed E-state index contributed by atoms with van der Waals surface area (Å²) in [5.74, 6) is 0. The third kappa shape index (κ3) is 2.90. The van der Waals surface area contributed by atoms with Crippen LogP contribution in [0.2, 0.25) is 0 Å². The average Bonchev–Trinajstić information content (AvgIpc) is 2.59. The van der Waals surface area contributed by atoms with E-state index in [1.807, 2.05) is 0 Å². The van der Waals surface area contributed by atoms with Crippen LogP contribution in [0.1, 0.15) is 42.7 Å². The number of nitrogens with one attached hydrogen (secondary N) is 1. The number of hydrogen-bond acceptors (Lipinski definition) is 1. The topological polar surface area (TPSA) is 17.0 Å². The highest BCUT2D eigenvalue weighted by Gasteiger charge is 2.13. The van der Waals surface area contributed by atoms with Crippen LogP contribution in [0.4, 0.5) is 0 Å². The van der Waals surface area contributed by atoms with E-state index in [2.05, 4.69) is 63.7 Å². The molecule has 2 rings (SSSR count). The van der Waals surface area contributed by atoms with Crippen molar-refractivity contribution in [3.05, 3.63) is 34.5 Å². The molecule has 2 nitrogen and oxygen atoms in total. The largest absolute Gasteiger partial charge is 0.348 e. The van der Waals surface area contributed by atoms with E-state index in [4.69, 9.17) is 0 Å². The molecule has 0 atom stereocenters. The van der Waals surface area contributed by atoms with Crippen molar-refractivity contribution in [2.24, 2.45) is 7.05 Å². The molecule has 0 aliphatic carbocycles. The zero-order valence-corrected chi connectivity index (χ0v) is 13.8. The second-order valence-electron chi connectivity index (χ2n) is 6.31. The molecule has 0 radical (unpaired) electrons. The molecule has 0 amide bonds. The molecule has 110 valence electrons. The van der Waals surface area contributed by atoms with Gasteiger partial charge in [-0.3, -0.25) is 0 Å². The number of benzene rings is 1. The minimum Gasteiger partial charge on any atom is -0.348 e. The van der Waals surface area contributed by atoms with Crippen molar-refractivity contribution in [1.82, 2.24) is 9.88 Å². The van der Waals surface area contributed by atoms with Gasteiger partial charge >= 0.3 is 0 Å². The van der Waals surface area contributed by atoms with Gasteiger partial charge in [0.25, 0.3) is 0 Å². The van der Waals surface area contributed by atoms with Gasteiger partial charge in [-0.1, -0.05) is 19.9 Å². The smallest absolute Gasteiger partial charge is 0.0488 e. The first-order valence-electron chi connectivity index (χ1n) is 7.70. The molecule has 0 spiro atoms. The summed E-state index contributed by atoms with van der Waals surface area (Å²) in [5, 5.41) is 4.98. The summed E-state index contributed by atoms with van der Waals surface area (Å²) in [5.41, 5.74) is 7.09. The van der Waals surface area contributed by atoms with E-state index in [0.29, 0.717) is 6.04 Å². The Bertz CT molecular complexity index is 606. The Hall–Kier alpha value is -1.28. The van der Waals surface area contributed by atoms with Gasteiger partial charge < -0.3 is 9.88 Å². The maximum absolute atomic E-state index is 3.51. The molecular formula is C18H28N2. The summed E-state index contributed by atoms with van der Waals surface area (Å²) >= 11 is 0. The number of nitrogens with zero attached hydrogens (tertiary/aromatic N) is 1. The molecule has 0 aliphatic heterocycles. The van der Waals surface area contributed by atoms with Gasteiger partial charge in [-0.15, -0.1) is 0 Å². The second kappa shape index (κ2) is 6.01. The average molecular weight is 272 g/mol. The maximum Gasteiger partial charge on any atom is 0.0488 e. The van der Waals surface area contributed by atoms with Crippen molar-refractivity contribution < 1.29 is 0 Å². The van der Waals surface area contributed by atoms with Crippen molar-refractivity contribution >= 4 is 10.9 Å². The maximum atomic E-state index is 3.51. The van der Waals surface area contributed by atoms with E-state index in [0.717, 1.165) is 13.0 Å². The van der Waals surface area contributed by atoms with Gasteiger partial charge in [-0.25, -0.2) is 0 Å². The van der Waals surface area contributed by atoms with E-state index in [1.54, 1.807) is 0 Å². The van der Waals surface area contributed by atoms with E-state index >= 15 is 0 Å². The fraction of sp³-hybridized carbons (Fsp3) is 0.556. The van der Waals surface area contributed by atoms with Crippen LogP contribution in [0.25, 0.3) is 10.9 Å². The summed E-state index contributed by atoms with van der Waals surface area (Å²) in [4.78, 5) is 0. The lowest BCUT2D eigenvalue weighted by Gasteiger charge is -2.08. The van der Waals surface area contributed by atoms with Gasteiger partial charge in [0.2, 0.25) is 0 Å². The van der Waals surface area contributed by atoms with Crippen molar-refractivity contribution in [3.63, 3.8) is 0 Å². The van der Waals surface area contributed by atoms with Crippen molar-refractivity contribution in [1.29, 1.82) is 0 Å². The Balaban J connectivity index is 2.31. The van der Waals surface area contributed by atoms with Crippen molar-refractivity contribution in [2.75, 3.05) is 6.54 Å². The lowest BCUT2D eigenvalue weighted by Crippen LogP contribution is -2.23. The molecule has 0 fully saturated rings. The molecule has 1 heterocycles. The van der Waals surface area contributed by atoms with Crippen LogP contribution in [0.3, 0.4) is 0 Å². The predicted octanol–water partition coefficient (Wildman–Crippen LogP) is 4.03. The first kappa shape index (κ1) is 15.1. The summed E-state index contributed by atoms with van der Waals surface area (Å²) in [6.45, 7) is 12.2. The fourth-order valence-electron chi connectivity index (χ4n) is 3.13. The van der Waals surface area contributed by atoms with Gasteiger partial charge in [0.1, 0.15) is 0 Å². The van der Waals surface area contributed by atoms with Crippen molar-refractivity contribution in [3.8, 4) is 0 Å². The highest BCUT2D eigenvalue weighted by atomic mass is 14.9. The summed E-state index contributed by atoms with van der Waals surface area (Å²) in [6, 6.07) is 5.19. The number of rotatable bonds is 5. The summed E-state index contributed by atoms with van der Waals surface area (Å²) < 4.78 is 2.35. The van der Waals surface area contributed by atoms with Crippen LogP contribution in [0, 0.1) is 20.8 Å². The number of aromatic nitrogens is 1. The van der Waals surface area contributed by atoms with Gasteiger partial charge in [0.05, 0.1) is 0 Å². The normalized spacial score (nSPS) is 11.8. The Morgan fingerprint density at radius 1 is 1.15 bits per heavy atom. The number of aryl methyl sites for hydroxylation is 4. The van der Waals surface area contributed by atoms with E-state index in [9.17, 15) is 0 Å². The summed E-state index contributed by atoms with van der Waals surface area (Å²) in [7, 11) is 2.19. The highest BCUT2D eigenvalue weighted by molar-refractivity contribution is 5.89. The van der Waals surface area contributed by atoms with Crippen LogP contribution in [0.15, 0.2) is 12.1 Å². The van der Waals surface area contributed by atoms with Crippen LogP contribution in [-0.2, 0) is 13.5 Å². The van der Waals surface area contributed by atoms with Gasteiger partial charge in [-0.05, 0) is 62.9 Å². The third-order valence-electron chi connectivity index (χ3n) is 4.22. The van der Waals surface area contributed by atoms with Gasteiger partial charge in [0, 0.05) is 29.7 Å². The fourth-order valence-corrected chi connectivity index (χ4v) is 3.13. The van der Waals surface area contributed by atoms with Gasteiger partial charge in [0.15, 0.2) is 0 Å². The van der Waals surface area contributed by atoms with Crippen LogP contribution in [0.5, 0.6) is 0 Å². The lowest BCUT2D eigenvalue weighted by atomic mass is 10.0. The number of fused-ring (bicyclic) bond motifs is 1. The van der Waals surface area contributed by atoms with E-state index < -0.39 is 0 Å². The van der Waals surface area contributed by atoms with E-state index in [-0.39, 0.29) is 0 Å². The molecule has 20 heavy (non-hydrogen) atoms. The molecule has 0 bridgehead atoms. The molecule has 1 aromatic carbocycles. The van der Waals surface area contributed by atoms with Crippen LogP contribution < -0.4 is 5.32 Å². The SMILES string of the molecule is Cc1cc(C)c2c(CCCNC(C)C)c(C)n(C)c2c1. The molecule has 0 unspecified atom stereocenters.